The minimum absolute atomic E-state index is 1.27. The first-order valence-electron chi connectivity index (χ1n) is 8.46. The third kappa shape index (κ3) is 2.28. The maximum atomic E-state index is 2.25. The van der Waals surface area contributed by atoms with Gasteiger partial charge in [-0.2, -0.15) is 0 Å². The molecule has 0 atom stereocenters. The monoisotopic (exact) mass is 336 g/mol. The molecular weight excluding hydrogens is 320 g/mol. The second kappa shape index (κ2) is 5.87. The van der Waals surface area contributed by atoms with E-state index in [4.69, 9.17) is 0 Å². The van der Waals surface area contributed by atoms with E-state index in [1.165, 1.54) is 43.8 Å². The third-order valence-electron chi connectivity index (χ3n) is 4.76. The maximum Gasteiger partial charge on any atom is 0.0355 e. The highest BCUT2D eigenvalue weighted by Crippen LogP contribution is 2.49. The molecule has 1 heteroatoms. The highest BCUT2D eigenvalue weighted by atomic mass is 32.1. The van der Waals surface area contributed by atoms with Gasteiger partial charge in [0.2, 0.25) is 0 Å². The van der Waals surface area contributed by atoms with Gasteiger partial charge in [0.25, 0.3) is 0 Å². The van der Waals surface area contributed by atoms with Gasteiger partial charge in [0.1, 0.15) is 0 Å². The Labute approximate surface area is 151 Å². The van der Waals surface area contributed by atoms with E-state index in [-0.39, 0.29) is 0 Å². The van der Waals surface area contributed by atoms with Crippen molar-refractivity contribution in [3.63, 3.8) is 0 Å². The first-order valence-corrected chi connectivity index (χ1v) is 9.34. The average molecular weight is 336 g/mol. The van der Waals surface area contributed by atoms with E-state index in [2.05, 4.69) is 96.4 Å². The van der Waals surface area contributed by atoms with Crippen molar-refractivity contribution in [2.75, 3.05) is 0 Å². The standard InChI is InChI=1S/C24H16S/c1-2-9-17(10-3-1)23(22-15-8-16-25-22)24-20-13-6-4-11-18(20)19-12-5-7-14-21(19)24/h1-16H. The van der Waals surface area contributed by atoms with Crippen LogP contribution in [0.4, 0.5) is 0 Å². The zero-order valence-electron chi connectivity index (χ0n) is 13.6. The molecule has 1 aliphatic carbocycles. The topological polar surface area (TPSA) is 0 Å². The first kappa shape index (κ1) is 14.4. The van der Waals surface area contributed by atoms with Crippen LogP contribution in [0, 0.1) is 0 Å². The fraction of sp³-hybridized carbons (Fsp3) is 0. The molecule has 118 valence electrons. The molecule has 0 nitrogen and oxygen atoms in total. The summed E-state index contributed by atoms with van der Waals surface area (Å²) < 4.78 is 0. The van der Waals surface area contributed by atoms with Crippen LogP contribution in [0.3, 0.4) is 0 Å². The number of fused-ring (bicyclic) bond motifs is 3. The van der Waals surface area contributed by atoms with Gasteiger partial charge in [0.15, 0.2) is 0 Å². The fourth-order valence-corrected chi connectivity index (χ4v) is 4.52. The summed E-state index contributed by atoms with van der Waals surface area (Å²) in [5.41, 5.74) is 9.27. The molecule has 0 aliphatic heterocycles. The van der Waals surface area contributed by atoms with E-state index in [0.29, 0.717) is 0 Å². The van der Waals surface area contributed by atoms with Gasteiger partial charge in [-0.25, -0.2) is 0 Å². The highest BCUT2D eigenvalue weighted by molar-refractivity contribution is 7.11. The Bertz CT molecular complexity index is 1020. The summed E-state index contributed by atoms with van der Waals surface area (Å²) in [6.07, 6.45) is 0. The maximum absolute atomic E-state index is 2.25. The molecule has 0 N–H and O–H groups in total. The normalized spacial score (nSPS) is 11.9. The van der Waals surface area contributed by atoms with Crippen LogP contribution in [0.25, 0.3) is 22.3 Å². The van der Waals surface area contributed by atoms with E-state index >= 15 is 0 Å². The lowest BCUT2D eigenvalue weighted by molar-refractivity contribution is 1.59. The summed E-state index contributed by atoms with van der Waals surface area (Å²) in [5.74, 6) is 0. The van der Waals surface area contributed by atoms with E-state index < -0.39 is 0 Å². The minimum atomic E-state index is 1.27. The number of benzene rings is 3. The molecule has 0 spiro atoms. The van der Waals surface area contributed by atoms with Crippen molar-refractivity contribution < 1.29 is 0 Å². The van der Waals surface area contributed by atoms with Crippen molar-refractivity contribution in [3.05, 3.63) is 118 Å². The van der Waals surface area contributed by atoms with Gasteiger partial charge in [-0.3, -0.25) is 0 Å². The fourth-order valence-electron chi connectivity index (χ4n) is 3.72. The smallest absolute Gasteiger partial charge is 0.0355 e. The Morgan fingerprint density at radius 2 is 1.08 bits per heavy atom. The Kier molecular flexibility index (Phi) is 3.39. The van der Waals surface area contributed by atoms with Gasteiger partial charge >= 0.3 is 0 Å². The van der Waals surface area contributed by atoms with E-state index in [9.17, 15) is 0 Å². The van der Waals surface area contributed by atoms with Crippen LogP contribution in [-0.4, -0.2) is 0 Å². The van der Waals surface area contributed by atoms with Gasteiger partial charge in [-0.1, -0.05) is 84.9 Å². The molecule has 0 fully saturated rings. The Hall–Kier alpha value is -2.90. The molecule has 25 heavy (non-hydrogen) atoms. The molecule has 0 bridgehead atoms. The number of hydrogen-bond acceptors (Lipinski definition) is 1. The van der Waals surface area contributed by atoms with Crippen LogP contribution in [0.1, 0.15) is 21.6 Å². The molecule has 0 amide bonds. The molecule has 0 radical (unpaired) electrons. The number of hydrogen-bond donors (Lipinski definition) is 0. The quantitative estimate of drug-likeness (QED) is 0.335. The van der Waals surface area contributed by atoms with Crippen LogP contribution >= 0.6 is 11.3 Å². The Balaban J connectivity index is 1.93. The van der Waals surface area contributed by atoms with Crippen molar-refractivity contribution in [2.45, 2.75) is 0 Å². The number of rotatable bonds is 2. The van der Waals surface area contributed by atoms with Crippen LogP contribution in [0.15, 0.2) is 96.4 Å². The van der Waals surface area contributed by atoms with E-state index in [1.54, 1.807) is 11.3 Å². The Morgan fingerprint density at radius 3 is 1.64 bits per heavy atom. The van der Waals surface area contributed by atoms with Crippen molar-refractivity contribution in [1.29, 1.82) is 0 Å². The molecular formula is C24H16S. The van der Waals surface area contributed by atoms with Crippen LogP contribution in [-0.2, 0) is 0 Å². The summed E-state index contributed by atoms with van der Waals surface area (Å²) >= 11 is 1.80. The SMILES string of the molecule is c1ccc(C(=C2c3ccccc3-c3ccccc32)c2cccs2)cc1. The summed E-state index contributed by atoms with van der Waals surface area (Å²) in [6, 6.07) is 32.6. The second-order valence-corrected chi connectivity index (χ2v) is 7.13. The van der Waals surface area contributed by atoms with Crippen molar-refractivity contribution >= 4 is 22.5 Å². The molecule has 4 aromatic rings. The summed E-state index contributed by atoms with van der Waals surface area (Å²) in [6.45, 7) is 0. The predicted molar refractivity (Wildman–Crippen MR) is 108 cm³/mol. The molecule has 1 aliphatic rings. The third-order valence-corrected chi connectivity index (χ3v) is 5.65. The van der Waals surface area contributed by atoms with E-state index in [1.807, 2.05) is 0 Å². The minimum Gasteiger partial charge on any atom is -0.144 e. The van der Waals surface area contributed by atoms with Crippen molar-refractivity contribution in [2.24, 2.45) is 0 Å². The molecule has 5 rings (SSSR count). The molecule has 3 aromatic carbocycles. The summed E-state index contributed by atoms with van der Waals surface area (Å²) in [4.78, 5) is 1.31. The van der Waals surface area contributed by atoms with Crippen molar-refractivity contribution in [3.8, 4) is 11.1 Å². The molecule has 0 saturated carbocycles. The largest absolute Gasteiger partial charge is 0.144 e. The molecule has 1 aromatic heterocycles. The first-order chi connectivity index (χ1) is 12.4. The van der Waals surface area contributed by atoms with Gasteiger partial charge in [-0.05, 0) is 44.8 Å². The molecule has 0 saturated heterocycles. The second-order valence-electron chi connectivity index (χ2n) is 6.18. The summed E-state index contributed by atoms with van der Waals surface area (Å²) in [5, 5.41) is 2.16. The van der Waals surface area contributed by atoms with Gasteiger partial charge < -0.3 is 0 Å². The molecule has 0 unspecified atom stereocenters. The summed E-state index contributed by atoms with van der Waals surface area (Å²) in [7, 11) is 0. The van der Waals surface area contributed by atoms with E-state index in [0.717, 1.165) is 0 Å². The van der Waals surface area contributed by atoms with Gasteiger partial charge in [0, 0.05) is 10.5 Å². The lowest BCUT2D eigenvalue weighted by Crippen LogP contribution is -1.92. The lowest BCUT2D eigenvalue weighted by atomic mass is 9.92. The highest BCUT2D eigenvalue weighted by Gasteiger charge is 2.26. The Morgan fingerprint density at radius 1 is 0.520 bits per heavy atom. The zero-order valence-corrected chi connectivity index (χ0v) is 14.5. The van der Waals surface area contributed by atoms with Crippen LogP contribution in [0.5, 0.6) is 0 Å². The van der Waals surface area contributed by atoms with Crippen LogP contribution in [0.2, 0.25) is 0 Å². The lowest BCUT2D eigenvalue weighted by Gasteiger charge is -2.13. The van der Waals surface area contributed by atoms with Gasteiger partial charge in [0.05, 0.1) is 0 Å². The van der Waals surface area contributed by atoms with Crippen LogP contribution < -0.4 is 0 Å². The average Bonchev–Trinajstić information content (AvgIpc) is 3.31. The van der Waals surface area contributed by atoms with Crippen molar-refractivity contribution in [1.82, 2.24) is 0 Å². The number of thiophene rings is 1. The molecule has 1 heterocycles. The predicted octanol–water partition coefficient (Wildman–Crippen LogP) is 6.74. The van der Waals surface area contributed by atoms with Gasteiger partial charge in [-0.15, -0.1) is 11.3 Å². The zero-order chi connectivity index (χ0) is 16.6.